The first kappa shape index (κ1) is 17.0. The van der Waals surface area contributed by atoms with Gasteiger partial charge >= 0.3 is 0 Å². The van der Waals surface area contributed by atoms with Gasteiger partial charge in [0.1, 0.15) is 23.1 Å². The van der Waals surface area contributed by atoms with Crippen LogP contribution in [-0.2, 0) is 0 Å². The van der Waals surface area contributed by atoms with Crippen LogP contribution in [0, 0.1) is 13.8 Å². The van der Waals surface area contributed by atoms with Crippen molar-refractivity contribution in [1.82, 2.24) is 15.0 Å². The van der Waals surface area contributed by atoms with E-state index < -0.39 is 0 Å². The fraction of sp³-hybridized carbons (Fsp3) is 0.136. The van der Waals surface area contributed by atoms with Crippen molar-refractivity contribution in [2.75, 3.05) is 11.9 Å². The lowest BCUT2D eigenvalue weighted by Gasteiger charge is -2.20. The number of para-hydroxylation sites is 1. The smallest absolute Gasteiger partial charge is 0.145 e. The summed E-state index contributed by atoms with van der Waals surface area (Å²) in [5.74, 6) is 3.12. The maximum atomic E-state index is 5.86. The molecule has 0 radical (unpaired) electrons. The number of anilines is 2. The highest BCUT2D eigenvalue weighted by atomic mass is 16.5. The fourth-order valence-corrected chi connectivity index (χ4v) is 2.94. The van der Waals surface area contributed by atoms with Crippen LogP contribution in [0.3, 0.4) is 0 Å². The Bertz CT molecular complexity index is 1080. The Balaban J connectivity index is 1.61. The molecule has 27 heavy (non-hydrogen) atoms. The molecule has 2 aromatic heterocycles. The fourth-order valence-electron chi connectivity index (χ4n) is 2.94. The molecule has 4 aromatic rings. The summed E-state index contributed by atoms with van der Waals surface area (Å²) >= 11 is 0. The minimum absolute atomic E-state index is 0.721. The van der Waals surface area contributed by atoms with Gasteiger partial charge in [0.15, 0.2) is 0 Å². The topological polar surface area (TPSA) is 51.1 Å². The van der Waals surface area contributed by atoms with E-state index in [-0.39, 0.29) is 0 Å². The van der Waals surface area contributed by atoms with Gasteiger partial charge in [-0.05, 0) is 62.4 Å². The van der Waals surface area contributed by atoms with Gasteiger partial charge in [-0.15, -0.1) is 0 Å². The van der Waals surface area contributed by atoms with Crippen molar-refractivity contribution in [1.29, 1.82) is 0 Å². The standard InChI is InChI=1S/C22H20N4O/c1-15-8-11-19(14-23-15)27-18-12-9-17(10-13-18)26(3)22-20-6-4-5-7-21(20)24-16(2)25-22/h4-14H,1-3H3. The molecule has 5 nitrogen and oxygen atoms in total. The minimum atomic E-state index is 0.721. The largest absolute Gasteiger partial charge is 0.456 e. The summed E-state index contributed by atoms with van der Waals surface area (Å²) in [6, 6.07) is 19.8. The molecule has 5 heteroatoms. The second-order valence-corrected chi connectivity index (χ2v) is 6.40. The van der Waals surface area contributed by atoms with Gasteiger partial charge < -0.3 is 9.64 Å². The zero-order chi connectivity index (χ0) is 18.8. The molecular weight excluding hydrogens is 336 g/mol. The molecule has 2 heterocycles. The molecule has 0 unspecified atom stereocenters. The van der Waals surface area contributed by atoms with Crippen LogP contribution < -0.4 is 9.64 Å². The molecule has 2 aromatic carbocycles. The maximum absolute atomic E-state index is 5.86. The number of pyridine rings is 1. The third-order valence-electron chi connectivity index (χ3n) is 4.36. The highest BCUT2D eigenvalue weighted by Gasteiger charge is 2.12. The molecule has 0 aliphatic heterocycles. The third kappa shape index (κ3) is 3.58. The van der Waals surface area contributed by atoms with Crippen molar-refractivity contribution in [2.45, 2.75) is 13.8 Å². The number of aryl methyl sites for hydroxylation is 2. The van der Waals surface area contributed by atoms with Crippen LogP contribution in [0.5, 0.6) is 11.5 Å². The Hall–Kier alpha value is -3.47. The summed E-state index contributed by atoms with van der Waals surface area (Å²) in [5, 5.41) is 1.02. The molecule has 134 valence electrons. The lowest BCUT2D eigenvalue weighted by atomic mass is 10.2. The molecule has 0 aliphatic rings. The Morgan fingerprint density at radius 2 is 1.56 bits per heavy atom. The average Bonchev–Trinajstić information content (AvgIpc) is 2.69. The summed E-state index contributed by atoms with van der Waals surface area (Å²) < 4.78 is 5.86. The van der Waals surface area contributed by atoms with E-state index in [4.69, 9.17) is 4.74 Å². The zero-order valence-electron chi connectivity index (χ0n) is 15.5. The maximum Gasteiger partial charge on any atom is 0.145 e. The quantitative estimate of drug-likeness (QED) is 0.503. The Kier molecular flexibility index (Phi) is 4.42. The summed E-state index contributed by atoms with van der Waals surface area (Å²) in [6.45, 7) is 3.86. The molecule has 0 amide bonds. The van der Waals surface area contributed by atoms with Gasteiger partial charge in [0, 0.05) is 23.8 Å². The number of benzene rings is 2. The Morgan fingerprint density at radius 1 is 0.815 bits per heavy atom. The predicted octanol–water partition coefficient (Wildman–Crippen LogP) is 5.20. The number of aromatic nitrogens is 3. The number of ether oxygens (including phenoxy) is 1. The highest BCUT2D eigenvalue weighted by molar-refractivity contribution is 5.91. The molecular formula is C22H20N4O. The molecule has 0 N–H and O–H groups in total. The molecule has 0 atom stereocenters. The summed E-state index contributed by atoms with van der Waals surface area (Å²) in [7, 11) is 2.01. The molecule has 0 bridgehead atoms. The summed E-state index contributed by atoms with van der Waals surface area (Å²) in [6.07, 6.45) is 1.73. The average molecular weight is 356 g/mol. The molecule has 4 rings (SSSR count). The number of fused-ring (bicyclic) bond motifs is 1. The normalized spacial score (nSPS) is 10.8. The molecule has 0 saturated heterocycles. The van der Waals surface area contributed by atoms with Gasteiger partial charge in [-0.25, -0.2) is 9.97 Å². The predicted molar refractivity (Wildman–Crippen MR) is 108 cm³/mol. The van der Waals surface area contributed by atoms with E-state index in [2.05, 4.69) is 19.9 Å². The number of rotatable bonds is 4. The first-order chi connectivity index (χ1) is 13.1. The van der Waals surface area contributed by atoms with Gasteiger partial charge in [-0.2, -0.15) is 0 Å². The lowest BCUT2D eigenvalue weighted by molar-refractivity contribution is 0.480. The molecule has 0 saturated carbocycles. The van der Waals surface area contributed by atoms with E-state index in [1.807, 2.05) is 81.6 Å². The van der Waals surface area contributed by atoms with Crippen LogP contribution >= 0.6 is 0 Å². The molecule has 0 fully saturated rings. The van der Waals surface area contributed by atoms with Crippen LogP contribution in [-0.4, -0.2) is 22.0 Å². The van der Waals surface area contributed by atoms with Gasteiger partial charge in [-0.3, -0.25) is 4.98 Å². The SMILES string of the molecule is Cc1ccc(Oc2ccc(N(C)c3nc(C)nc4ccccc34)cc2)cn1. The van der Waals surface area contributed by atoms with Gasteiger partial charge in [0.05, 0.1) is 11.7 Å². The van der Waals surface area contributed by atoms with Crippen molar-refractivity contribution in [3.05, 3.63) is 78.4 Å². The van der Waals surface area contributed by atoms with E-state index in [1.165, 1.54) is 0 Å². The summed E-state index contributed by atoms with van der Waals surface area (Å²) in [4.78, 5) is 15.5. The van der Waals surface area contributed by atoms with Crippen LogP contribution in [0.15, 0.2) is 66.9 Å². The van der Waals surface area contributed by atoms with E-state index in [9.17, 15) is 0 Å². The molecule has 0 spiro atoms. The van der Waals surface area contributed by atoms with Crippen molar-refractivity contribution in [3.8, 4) is 11.5 Å². The second-order valence-electron chi connectivity index (χ2n) is 6.40. The highest BCUT2D eigenvalue weighted by Crippen LogP contribution is 2.30. The van der Waals surface area contributed by atoms with Crippen molar-refractivity contribution in [2.24, 2.45) is 0 Å². The van der Waals surface area contributed by atoms with Crippen LogP contribution in [0.1, 0.15) is 11.5 Å². The van der Waals surface area contributed by atoms with Crippen molar-refractivity contribution in [3.63, 3.8) is 0 Å². The first-order valence-electron chi connectivity index (χ1n) is 8.78. The zero-order valence-corrected chi connectivity index (χ0v) is 15.5. The van der Waals surface area contributed by atoms with Crippen LogP contribution in [0.4, 0.5) is 11.5 Å². The number of hydrogen-bond acceptors (Lipinski definition) is 5. The monoisotopic (exact) mass is 356 g/mol. The second kappa shape index (κ2) is 7.03. The Morgan fingerprint density at radius 3 is 2.30 bits per heavy atom. The van der Waals surface area contributed by atoms with Gasteiger partial charge in [0.25, 0.3) is 0 Å². The minimum Gasteiger partial charge on any atom is -0.456 e. The van der Waals surface area contributed by atoms with Crippen LogP contribution in [0.25, 0.3) is 10.9 Å². The van der Waals surface area contributed by atoms with Gasteiger partial charge in [-0.1, -0.05) is 12.1 Å². The number of nitrogens with zero attached hydrogens (tertiary/aromatic N) is 4. The van der Waals surface area contributed by atoms with E-state index in [0.717, 1.165) is 45.4 Å². The van der Waals surface area contributed by atoms with Gasteiger partial charge in [0.2, 0.25) is 0 Å². The first-order valence-corrected chi connectivity index (χ1v) is 8.78. The van der Waals surface area contributed by atoms with Crippen molar-refractivity contribution < 1.29 is 4.74 Å². The Labute approximate surface area is 158 Å². The lowest BCUT2D eigenvalue weighted by Crippen LogP contribution is -2.12. The molecule has 0 aliphatic carbocycles. The van der Waals surface area contributed by atoms with E-state index in [1.54, 1.807) is 6.20 Å². The third-order valence-corrected chi connectivity index (χ3v) is 4.36. The van der Waals surface area contributed by atoms with E-state index in [0.29, 0.717) is 0 Å². The number of hydrogen-bond donors (Lipinski definition) is 0. The van der Waals surface area contributed by atoms with E-state index >= 15 is 0 Å². The summed E-state index contributed by atoms with van der Waals surface area (Å²) in [5.41, 5.74) is 2.93. The van der Waals surface area contributed by atoms with Crippen LogP contribution in [0.2, 0.25) is 0 Å². The van der Waals surface area contributed by atoms with Crippen molar-refractivity contribution >= 4 is 22.4 Å².